The smallest absolute Gasteiger partial charge is 0.214 e. The van der Waals surface area contributed by atoms with Gasteiger partial charge in [-0.25, -0.2) is 4.98 Å². The monoisotopic (exact) mass is 270 g/mol. The van der Waals surface area contributed by atoms with Crippen molar-refractivity contribution in [2.45, 2.75) is 45.6 Å². The number of ether oxygens (including phenoxy) is 1. The fourth-order valence-electron chi connectivity index (χ4n) is 3.40. The molecule has 1 aromatic carbocycles. The fraction of sp³-hybridized carbons (Fsp3) is 0.471. The topological polar surface area (TPSA) is 27.1 Å². The zero-order valence-electron chi connectivity index (χ0n) is 12.7. The van der Waals surface area contributed by atoms with Gasteiger partial charge in [-0.3, -0.25) is 4.57 Å². The molecule has 0 radical (unpaired) electrons. The second kappa shape index (κ2) is 4.65. The molecular formula is C17H22N2O. The summed E-state index contributed by atoms with van der Waals surface area (Å²) in [6, 6.07) is 9.07. The number of benzene rings is 1. The van der Waals surface area contributed by atoms with E-state index in [-0.39, 0.29) is 5.41 Å². The maximum atomic E-state index is 5.75. The van der Waals surface area contributed by atoms with Gasteiger partial charge in [-0.15, -0.1) is 0 Å². The summed E-state index contributed by atoms with van der Waals surface area (Å²) in [5.41, 5.74) is 3.04. The molecule has 3 heteroatoms. The van der Waals surface area contributed by atoms with E-state index in [0.717, 1.165) is 18.1 Å². The summed E-state index contributed by atoms with van der Waals surface area (Å²) in [5.74, 6) is 1.90. The summed E-state index contributed by atoms with van der Waals surface area (Å²) in [7, 11) is 0. The van der Waals surface area contributed by atoms with Crippen LogP contribution in [0.25, 0.3) is 0 Å². The second-order valence-electron chi connectivity index (χ2n) is 6.14. The van der Waals surface area contributed by atoms with E-state index < -0.39 is 0 Å². The van der Waals surface area contributed by atoms with E-state index in [1.54, 1.807) is 0 Å². The normalized spacial score (nSPS) is 19.9. The lowest BCUT2D eigenvalue weighted by molar-refractivity contribution is 0.295. The maximum absolute atomic E-state index is 5.75. The fourth-order valence-corrected chi connectivity index (χ4v) is 3.40. The van der Waals surface area contributed by atoms with E-state index in [2.05, 4.69) is 54.6 Å². The van der Waals surface area contributed by atoms with Crippen LogP contribution in [0.15, 0.2) is 30.5 Å². The SMILES string of the molecule is CCOc1cnc(C)n1C1CC(C)(C)c2ccccc21. The highest BCUT2D eigenvalue weighted by molar-refractivity contribution is 5.42. The molecule has 0 bridgehead atoms. The number of imidazole rings is 1. The van der Waals surface area contributed by atoms with Crippen molar-refractivity contribution in [3.63, 3.8) is 0 Å². The molecule has 2 aromatic rings. The molecule has 0 saturated heterocycles. The summed E-state index contributed by atoms with van der Waals surface area (Å²) >= 11 is 0. The van der Waals surface area contributed by atoms with E-state index in [1.807, 2.05) is 13.1 Å². The Labute approximate surface area is 120 Å². The summed E-state index contributed by atoms with van der Waals surface area (Å²) < 4.78 is 8.00. The van der Waals surface area contributed by atoms with Gasteiger partial charge in [0.15, 0.2) is 0 Å². The van der Waals surface area contributed by atoms with Crippen LogP contribution in [0, 0.1) is 6.92 Å². The lowest BCUT2D eigenvalue weighted by Crippen LogP contribution is -2.16. The van der Waals surface area contributed by atoms with Crippen molar-refractivity contribution < 1.29 is 4.74 Å². The Balaban J connectivity index is 2.11. The lowest BCUT2D eigenvalue weighted by atomic mass is 9.86. The van der Waals surface area contributed by atoms with Crippen LogP contribution in [0.3, 0.4) is 0 Å². The van der Waals surface area contributed by atoms with E-state index in [4.69, 9.17) is 4.74 Å². The van der Waals surface area contributed by atoms with Crippen LogP contribution in [0.1, 0.15) is 50.2 Å². The summed E-state index contributed by atoms with van der Waals surface area (Å²) in [4.78, 5) is 4.44. The van der Waals surface area contributed by atoms with Gasteiger partial charge >= 0.3 is 0 Å². The minimum atomic E-state index is 0.196. The van der Waals surface area contributed by atoms with Crippen LogP contribution in [0.5, 0.6) is 5.88 Å². The molecule has 0 amide bonds. The minimum Gasteiger partial charge on any atom is -0.478 e. The highest BCUT2D eigenvalue weighted by atomic mass is 16.5. The van der Waals surface area contributed by atoms with E-state index >= 15 is 0 Å². The lowest BCUT2D eigenvalue weighted by Gasteiger charge is -2.21. The Morgan fingerprint density at radius 1 is 1.35 bits per heavy atom. The molecule has 3 nitrogen and oxygen atoms in total. The van der Waals surface area contributed by atoms with Gasteiger partial charge in [-0.1, -0.05) is 38.1 Å². The average molecular weight is 270 g/mol. The average Bonchev–Trinajstić information content (AvgIpc) is 2.90. The largest absolute Gasteiger partial charge is 0.478 e. The van der Waals surface area contributed by atoms with E-state index in [9.17, 15) is 0 Å². The number of aromatic nitrogens is 2. The molecule has 106 valence electrons. The first-order valence-electron chi connectivity index (χ1n) is 7.30. The zero-order chi connectivity index (χ0) is 14.3. The predicted octanol–water partition coefficient (Wildman–Crippen LogP) is 3.86. The molecule has 0 fully saturated rings. The van der Waals surface area contributed by atoms with Crippen molar-refractivity contribution in [1.29, 1.82) is 0 Å². The van der Waals surface area contributed by atoms with Gasteiger partial charge in [-0.05, 0) is 36.8 Å². The highest BCUT2D eigenvalue weighted by Gasteiger charge is 2.38. The second-order valence-corrected chi connectivity index (χ2v) is 6.14. The first kappa shape index (κ1) is 13.2. The third kappa shape index (κ3) is 1.92. The van der Waals surface area contributed by atoms with Crippen LogP contribution in [0.2, 0.25) is 0 Å². The third-order valence-electron chi connectivity index (χ3n) is 4.30. The number of rotatable bonds is 3. The van der Waals surface area contributed by atoms with Gasteiger partial charge in [0, 0.05) is 0 Å². The van der Waals surface area contributed by atoms with Gasteiger partial charge < -0.3 is 4.74 Å². The van der Waals surface area contributed by atoms with Crippen molar-refractivity contribution in [2.75, 3.05) is 6.61 Å². The number of aryl methyl sites for hydroxylation is 1. The van der Waals surface area contributed by atoms with Gasteiger partial charge in [0.05, 0.1) is 18.8 Å². The van der Waals surface area contributed by atoms with Crippen molar-refractivity contribution in [2.24, 2.45) is 0 Å². The van der Waals surface area contributed by atoms with Crippen LogP contribution < -0.4 is 4.74 Å². The van der Waals surface area contributed by atoms with Gasteiger partial charge in [-0.2, -0.15) is 0 Å². The van der Waals surface area contributed by atoms with Gasteiger partial charge in [0.2, 0.25) is 5.88 Å². The molecule has 3 rings (SSSR count). The van der Waals surface area contributed by atoms with Crippen molar-refractivity contribution in [3.05, 3.63) is 47.4 Å². The molecule has 0 aliphatic heterocycles. The standard InChI is InChI=1S/C17H22N2O/c1-5-20-16-11-18-12(2)19(16)15-10-17(3,4)14-9-7-6-8-13(14)15/h6-9,11,15H,5,10H2,1-4H3. The molecule has 0 saturated carbocycles. The third-order valence-corrected chi connectivity index (χ3v) is 4.30. The van der Waals surface area contributed by atoms with E-state index in [1.165, 1.54) is 11.1 Å². The zero-order valence-corrected chi connectivity index (χ0v) is 12.7. The molecule has 0 N–H and O–H groups in total. The van der Waals surface area contributed by atoms with Crippen LogP contribution in [0.4, 0.5) is 0 Å². The molecule has 0 spiro atoms. The maximum Gasteiger partial charge on any atom is 0.214 e. The molecular weight excluding hydrogens is 248 g/mol. The van der Waals surface area contributed by atoms with Crippen LogP contribution >= 0.6 is 0 Å². The van der Waals surface area contributed by atoms with Crippen molar-refractivity contribution in [3.8, 4) is 5.88 Å². The van der Waals surface area contributed by atoms with Crippen LogP contribution in [-0.4, -0.2) is 16.2 Å². The van der Waals surface area contributed by atoms with Crippen LogP contribution in [-0.2, 0) is 5.41 Å². The molecule has 1 aliphatic carbocycles. The Morgan fingerprint density at radius 2 is 2.10 bits per heavy atom. The Kier molecular flexibility index (Phi) is 3.08. The molecule has 1 unspecified atom stereocenters. The first-order valence-corrected chi connectivity index (χ1v) is 7.30. The minimum absolute atomic E-state index is 0.196. The highest BCUT2D eigenvalue weighted by Crippen LogP contribution is 2.47. The quantitative estimate of drug-likeness (QED) is 0.846. The molecule has 1 aromatic heterocycles. The van der Waals surface area contributed by atoms with Gasteiger partial charge in [0.25, 0.3) is 0 Å². The summed E-state index contributed by atoms with van der Waals surface area (Å²) in [6.45, 7) is 9.37. The Morgan fingerprint density at radius 3 is 2.85 bits per heavy atom. The number of hydrogen-bond donors (Lipinski definition) is 0. The summed E-state index contributed by atoms with van der Waals surface area (Å²) in [5, 5.41) is 0. The molecule has 1 atom stereocenters. The van der Waals surface area contributed by atoms with Crippen molar-refractivity contribution >= 4 is 0 Å². The number of hydrogen-bond acceptors (Lipinski definition) is 2. The summed E-state index contributed by atoms with van der Waals surface area (Å²) in [6.07, 6.45) is 2.93. The van der Waals surface area contributed by atoms with E-state index in [0.29, 0.717) is 12.6 Å². The molecule has 20 heavy (non-hydrogen) atoms. The number of fused-ring (bicyclic) bond motifs is 1. The van der Waals surface area contributed by atoms with Gasteiger partial charge in [0.1, 0.15) is 5.82 Å². The Bertz CT molecular complexity index is 628. The number of nitrogens with zero attached hydrogens (tertiary/aromatic N) is 2. The Hall–Kier alpha value is -1.77. The molecule has 1 aliphatic rings. The molecule has 1 heterocycles. The first-order chi connectivity index (χ1) is 9.54. The van der Waals surface area contributed by atoms with Crippen molar-refractivity contribution in [1.82, 2.24) is 9.55 Å². The predicted molar refractivity (Wildman–Crippen MR) is 80.4 cm³/mol.